The zero-order valence-corrected chi connectivity index (χ0v) is 25.2. The van der Waals surface area contributed by atoms with Gasteiger partial charge in [0.1, 0.15) is 6.61 Å². The second-order valence-corrected chi connectivity index (χ2v) is 15.8. The first-order valence-electron chi connectivity index (χ1n) is 15.6. The summed E-state index contributed by atoms with van der Waals surface area (Å²) < 4.78 is 11.1. The van der Waals surface area contributed by atoms with E-state index in [9.17, 15) is 9.90 Å². The topological polar surface area (TPSA) is 55.8 Å². The number of esters is 1. The predicted molar refractivity (Wildman–Crippen MR) is 148 cm³/mol. The van der Waals surface area contributed by atoms with Crippen LogP contribution in [-0.2, 0) is 14.3 Å². The molecule has 1 N–H and O–H groups in total. The third-order valence-electron chi connectivity index (χ3n) is 14.2. The predicted octanol–water partition coefficient (Wildman–Crippen LogP) is 7.27. The Balaban J connectivity index is 1.51. The Labute approximate surface area is 227 Å². The molecule has 0 saturated heterocycles. The van der Waals surface area contributed by atoms with E-state index in [1.807, 2.05) is 0 Å². The molecule has 0 unspecified atom stereocenters. The molecule has 37 heavy (non-hydrogen) atoms. The fraction of sp³-hybridized carbons (Fsp3) is 0.970. The largest absolute Gasteiger partial charge is 0.463 e. The monoisotopic (exact) mass is 516 g/mol. The van der Waals surface area contributed by atoms with Crippen LogP contribution in [0.3, 0.4) is 0 Å². The van der Waals surface area contributed by atoms with Crippen LogP contribution in [0.2, 0.25) is 0 Å². The molecule has 10 atom stereocenters. The molecule has 0 aromatic heterocycles. The third kappa shape index (κ3) is 3.69. The molecule has 0 bridgehead atoms. The normalized spacial score (nSPS) is 50.5. The second kappa shape index (κ2) is 9.22. The molecule has 0 aromatic carbocycles. The van der Waals surface area contributed by atoms with Crippen molar-refractivity contribution in [2.75, 3.05) is 20.3 Å². The molecular weight excluding hydrogens is 460 g/mol. The van der Waals surface area contributed by atoms with Crippen LogP contribution in [0.15, 0.2) is 0 Å². The van der Waals surface area contributed by atoms with Crippen LogP contribution in [0.5, 0.6) is 0 Å². The van der Waals surface area contributed by atoms with Gasteiger partial charge in [0.25, 0.3) is 0 Å². The van der Waals surface area contributed by atoms with Crippen LogP contribution in [0.1, 0.15) is 113 Å². The van der Waals surface area contributed by atoms with Crippen molar-refractivity contribution >= 4 is 5.97 Å². The van der Waals surface area contributed by atoms with Crippen molar-refractivity contribution in [1.82, 2.24) is 0 Å². The highest BCUT2D eigenvalue weighted by atomic mass is 16.6. The highest BCUT2D eigenvalue weighted by Crippen LogP contribution is 2.77. The minimum absolute atomic E-state index is 0.00600. The average molecular weight is 517 g/mol. The summed E-state index contributed by atoms with van der Waals surface area (Å²) in [7, 11) is 1.67. The maximum Gasteiger partial charge on any atom is 0.312 e. The number of aliphatic hydroxyl groups excluding tert-OH is 1. The zero-order valence-electron chi connectivity index (χ0n) is 25.2. The first-order valence-corrected chi connectivity index (χ1v) is 15.6. The van der Waals surface area contributed by atoms with Gasteiger partial charge in [0, 0.05) is 7.11 Å². The van der Waals surface area contributed by atoms with Crippen LogP contribution in [0.25, 0.3) is 0 Å². The first kappa shape index (κ1) is 27.9. The van der Waals surface area contributed by atoms with E-state index >= 15 is 0 Å². The van der Waals surface area contributed by atoms with Gasteiger partial charge < -0.3 is 14.6 Å². The van der Waals surface area contributed by atoms with E-state index in [4.69, 9.17) is 9.47 Å². The van der Waals surface area contributed by atoms with Gasteiger partial charge >= 0.3 is 5.97 Å². The fourth-order valence-electron chi connectivity index (χ4n) is 12.1. The summed E-state index contributed by atoms with van der Waals surface area (Å²) in [6.07, 6.45) is 11.3. The molecule has 212 valence electrons. The molecule has 0 aliphatic heterocycles. The van der Waals surface area contributed by atoms with Gasteiger partial charge in [-0.25, -0.2) is 0 Å². The number of carbonyl (C=O) groups excluding carboxylic acids is 1. The lowest BCUT2D eigenvalue weighted by atomic mass is 9.32. The number of methoxy groups -OCH3 is 1. The third-order valence-corrected chi connectivity index (χ3v) is 14.2. The van der Waals surface area contributed by atoms with Gasteiger partial charge in [-0.15, -0.1) is 0 Å². The van der Waals surface area contributed by atoms with Gasteiger partial charge in [-0.1, -0.05) is 48.5 Å². The molecule has 5 aliphatic rings. The Hall–Kier alpha value is -0.610. The second-order valence-electron chi connectivity index (χ2n) is 15.8. The van der Waals surface area contributed by atoms with E-state index in [1.165, 1.54) is 32.1 Å². The molecule has 4 heteroatoms. The first-order chi connectivity index (χ1) is 17.3. The lowest BCUT2D eigenvalue weighted by Crippen LogP contribution is -2.67. The van der Waals surface area contributed by atoms with Crippen LogP contribution in [-0.4, -0.2) is 37.5 Å². The Morgan fingerprint density at radius 3 is 2.24 bits per heavy atom. The smallest absolute Gasteiger partial charge is 0.312 e. The van der Waals surface area contributed by atoms with Crippen molar-refractivity contribution in [1.29, 1.82) is 0 Å². The van der Waals surface area contributed by atoms with Gasteiger partial charge in [0.15, 0.2) is 0 Å². The Kier molecular flexibility index (Phi) is 6.96. The van der Waals surface area contributed by atoms with Crippen LogP contribution < -0.4 is 0 Å². The fourth-order valence-corrected chi connectivity index (χ4v) is 12.1. The molecule has 0 aromatic rings. The van der Waals surface area contributed by atoms with Crippen LogP contribution in [0.4, 0.5) is 0 Å². The maximum atomic E-state index is 13.8. The molecule has 4 nitrogen and oxygen atoms in total. The number of rotatable bonds is 5. The van der Waals surface area contributed by atoms with E-state index in [0.29, 0.717) is 54.1 Å². The minimum atomic E-state index is -0.298. The highest BCUT2D eigenvalue weighted by Gasteiger charge is 2.72. The molecule has 5 aliphatic carbocycles. The summed E-state index contributed by atoms with van der Waals surface area (Å²) in [5, 5.41) is 11.0. The van der Waals surface area contributed by atoms with Crippen molar-refractivity contribution in [2.45, 2.75) is 119 Å². The molecule has 0 heterocycles. The van der Waals surface area contributed by atoms with E-state index < -0.39 is 0 Å². The van der Waals surface area contributed by atoms with Crippen molar-refractivity contribution in [3.05, 3.63) is 0 Å². The number of ether oxygens (including phenoxy) is 2. The number of carbonyl (C=O) groups is 1. The van der Waals surface area contributed by atoms with E-state index in [-0.39, 0.29) is 33.7 Å². The van der Waals surface area contributed by atoms with Crippen LogP contribution in [0, 0.1) is 62.6 Å². The van der Waals surface area contributed by atoms with Crippen LogP contribution >= 0.6 is 0 Å². The molecular formula is C33H56O4. The van der Waals surface area contributed by atoms with Gasteiger partial charge in [-0.3, -0.25) is 4.79 Å². The van der Waals surface area contributed by atoms with E-state index in [0.717, 1.165) is 32.1 Å². The minimum Gasteiger partial charge on any atom is -0.463 e. The molecule has 5 rings (SSSR count). The Morgan fingerprint density at radius 1 is 0.838 bits per heavy atom. The van der Waals surface area contributed by atoms with Gasteiger partial charge in [-0.2, -0.15) is 0 Å². The molecule has 5 fully saturated rings. The van der Waals surface area contributed by atoms with Gasteiger partial charge in [0.2, 0.25) is 0 Å². The lowest BCUT2D eigenvalue weighted by molar-refractivity contribution is -0.250. The summed E-state index contributed by atoms with van der Waals surface area (Å²) in [5.41, 5.74) is 0.533. The molecule has 0 spiro atoms. The average Bonchev–Trinajstić information content (AvgIpc) is 3.24. The maximum absolute atomic E-state index is 13.8. The summed E-state index contributed by atoms with van der Waals surface area (Å²) >= 11 is 0. The molecule has 0 amide bonds. The molecule has 0 radical (unpaired) electrons. The van der Waals surface area contributed by atoms with Gasteiger partial charge in [0.05, 0.1) is 18.1 Å². The van der Waals surface area contributed by atoms with Crippen molar-refractivity contribution < 1.29 is 19.4 Å². The SMILES string of the molecule is COCCOC(=O)[C@]12CC[C@@H](C(C)C)[C@@H]1[C@H]1CC[C@@H]3[C@@]4(C)CC[C@H](O)C(C)(C)[C@@H]4CC[C@@]3(C)[C@]1(C)CC2. The summed E-state index contributed by atoms with van der Waals surface area (Å²) in [6, 6.07) is 0. The quantitative estimate of drug-likeness (QED) is 0.308. The van der Waals surface area contributed by atoms with E-state index in [1.54, 1.807) is 7.11 Å². The Morgan fingerprint density at radius 2 is 1.57 bits per heavy atom. The number of hydrogen-bond acceptors (Lipinski definition) is 4. The number of aliphatic hydroxyl groups is 1. The lowest BCUT2D eigenvalue weighted by Gasteiger charge is -2.72. The van der Waals surface area contributed by atoms with Crippen molar-refractivity contribution in [3.8, 4) is 0 Å². The standard InChI is InChI=1S/C33H56O4/c1-21(2)22-11-16-33(28(35)37-20-19-36-8)18-17-31(6)23(27(22)33)9-10-25-30(5)14-13-26(34)29(3,4)24(30)12-15-32(25,31)7/h21-27,34H,9-20H2,1-8H3/t22-,23+,24-,25+,26-,27+,30-,31+,32+,33-/m0/s1. The van der Waals surface area contributed by atoms with Crippen molar-refractivity contribution in [2.24, 2.45) is 62.6 Å². The Bertz CT molecular complexity index is 882. The summed E-state index contributed by atoms with van der Waals surface area (Å²) in [5.74, 6) is 3.60. The zero-order chi connectivity index (χ0) is 27.0. The number of hydrogen-bond donors (Lipinski definition) is 1. The van der Waals surface area contributed by atoms with E-state index in [2.05, 4.69) is 48.5 Å². The number of fused-ring (bicyclic) bond motifs is 7. The summed E-state index contributed by atoms with van der Waals surface area (Å²) in [4.78, 5) is 13.8. The van der Waals surface area contributed by atoms with Gasteiger partial charge in [-0.05, 0) is 121 Å². The van der Waals surface area contributed by atoms with Crippen molar-refractivity contribution in [3.63, 3.8) is 0 Å². The summed E-state index contributed by atoms with van der Waals surface area (Å²) in [6.45, 7) is 18.2. The molecule has 5 saturated carbocycles. The highest BCUT2D eigenvalue weighted by molar-refractivity contribution is 5.78.